The molecule has 1 unspecified atom stereocenters. The molecule has 1 atom stereocenters. The largest absolute Gasteiger partial charge is 0.496 e. The molecular formula is C22H26N4O2. The summed E-state index contributed by atoms with van der Waals surface area (Å²) in [5.41, 5.74) is 4.26. The van der Waals surface area contributed by atoms with Gasteiger partial charge in [0.2, 0.25) is 0 Å². The molecule has 6 heteroatoms. The first kappa shape index (κ1) is 19.5. The van der Waals surface area contributed by atoms with Gasteiger partial charge in [0.05, 0.1) is 18.8 Å². The molecule has 0 saturated carbocycles. The monoisotopic (exact) mass is 378 g/mol. The third-order valence-electron chi connectivity index (χ3n) is 4.60. The van der Waals surface area contributed by atoms with E-state index in [0.717, 1.165) is 34.5 Å². The fraction of sp³-hybridized carbons (Fsp3) is 0.273. The van der Waals surface area contributed by atoms with Gasteiger partial charge < -0.3 is 15.4 Å². The molecule has 2 aromatic carbocycles. The summed E-state index contributed by atoms with van der Waals surface area (Å²) in [5.74, 6) is 0.774. The average molecular weight is 378 g/mol. The molecule has 0 fully saturated rings. The van der Waals surface area contributed by atoms with Gasteiger partial charge in [-0.25, -0.2) is 9.48 Å². The SMILES string of the molecule is COc1ccc(C)cc1C(C)NC(=O)NCCc1ccc(-n2cccn2)cc1. The molecule has 2 amide bonds. The lowest BCUT2D eigenvalue weighted by atomic mass is 10.0. The summed E-state index contributed by atoms with van der Waals surface area (Å²) in [7, 11) is 1.64. The summed E-state index contributed by atoms with van der Waals surface area (Å²) in [6.45, 7) is 4.53. The predicted molar refractivity (Wildman–Crippen MR) is 110 cm³/mol. The van der Waals surface area contributed by atoms with Crippen molar-refractivity contribution in [2.24, 2.45) is 0 Å². The number of carbonyl (C=O) groups is 1. The highest BCUT2D eigenvalue weighted by molar-refractivity contribution is 5.74. The Bertz CT molecular complexity index is 905. The zero-order valence-electron chi connectivity index (χ0n) is 16.5. The Labute approximate surface area is 165 Å². The average Bonchev–Trinajstić information content (AvgIpc) is 3.23. The first-order chi connectivity index (χ1) is 13.6. The van der Waals surface area contributed by atoms with Crippen LogP contribution in [-0.4, -0.2) is 29.5 Å². The number of aromatic nitrogens is 2. The van der Waals surface area contributed by atoms with Crippen LogP contribution in [0.1, 0.15) is 29.7 Å². The number of ether oxygens (including phenoxy) is 1. The van der Waals surface area contributed by atoms with Gasteiger partial charge in [0.15, 0.2) is 0 Å². The molecule has 3 aromatic rings. The Morgan fingerprint density at radius 2 is 2.00 bits per heavy atom. The second kappa shape index (κ2) is 9.08. The van der Waals surface area contributed by atoms with Crippen LogP contribution < -0.4 is 15.4 Å². The minimum atomic E-state index is -0.191. The maximum absolute atomic E-state index is 12.2. The van der Waals surface area contributed by atoms with E-state index in [4.69, 9.17) is 4.74 Å². The molecule has 3 rings (SSSR count). The molecule has 0 saturated heterocycles. The van der Waals surface area contributed by atoms with Crippen molar-refractivity contribution in [3.63, 3.8) is 0 Å². The van der Waals surface area contributed by atoms with Crippen LogP contribution in [0.5, 0.6) is 5.75 Å². The van der Waals surface area contributed by atoms with E-state index in [-0.39, 0.29) is 12.1 Å². The van der Waals surface area contributed by atoms with E-state index in [1.165, 1.54) is 0 Å². The minimum Gasteiger partial charge on any atom is -0.496 e. The van der Waals surface area contributed by atoms with Crippen molar-refractivity contribution >= 4 is 6.03 Å². The van der Waals surface area contributed by atoms with Gasteiger partial charge >= 0.3 is 6.03 Å². The number of aryl methyl sites for hydroxylation is 1. The number of amides is 2. The third kappa shape index (κ3) is 4.91. The highest BCUT2D eigenvalue weighted by Gasteiger charge is 2.14. The Balaban J connectivity index is 1.49. The number of nitrogens with zero attached hydrogens (tertiary/aromatic N) is 2. The van der Waals surface area contributed by atoms with E-state index < -0.39 is 0 Å². The Kier molecular flexibility index (Phi) is 6.32. The van der Waals surface area contributed by atoms with Gasteiger partial charge in [0.1, 0.15) is 5.75 Å². The van der Waals surface area contributed by atoms with E-state index in [9.17, 15) is 4.79 Å². The van der Waals surface area contributed by atoms with Crippen LogP contribution >= 0.6 is 0 Å². The number of hydrogen-bond donors (Lipinski definition) is 2. The molecule has 0 radical (unpaired) electrons. The summed E-state index contributed by atoms with van der Waals surface area (Å²) in [4.78, 5) is 12.2. The van der Waals surface area contributed by atoms with Crippen LogP contribution in [0.3, 0.4) is 0 Å². The number of rotatable bonds is 7. The summed E-state index contributed by atoms with van der Waals surface area (Å²) >= 11 is 0. The van der Waals surface area contributed by atoms with Gasteiger partial charge in [0.25, 0.3) is 0 Å². The Hall–Kier alpha value is -3.28. The van der Waals surface area contributed by atoms with Crippen LogP contribution in [0.2, 0.25) is 0 Å². The second-order valence-electron chi connectivity index (χ2n) is 6.73. The molecule has 0 aliphatic rings. The van der Waals surface area contributed by atoms with Gasteiger partial charge in [-0.2, -0.15) is 5.10 Å². The predicted octanol–water partition coefficient (Wildman–Crippen LogP) is 3.79. The Morgan fingerprint density at radius 1 is 1.21 bits per heavy atom. The number of urea groups is 1. The number of benzene rings is 2. The molecule has 0 spiro atoms. The highest BCUT2D eigenvalue weighted by Crippen LogP contribution is 2.25. The van der Waals surface area contributed by atoms with Crippen molar-refractivity contribution in [1.29, 1.82) is 0 Å². The first-order valence-electron chi connectivity index (χ1n) is 9.34. The molecule has 28 heavy (non-hydrogen) atoms. The Morgan fingerprint density at radius 3 is 2.68 bits per heavy atom. The van der Waals surface area contributed by atoms with Crippen molar-refractivity contribution < 1.29 is 9.53 Å². The van der Waals surface area contributed by atoms with Crippen LogP contribution in [0.4, 0.5) is 4.79 Å². The van der Waals surface area contributed by atoms with Crippen molar-refractivity contribution in [2.45, 2.75) is 26.3 Å². The maximum Gasteiger partial charge on any atom is 0.315 e. The minimum absolute atomic E-state index is 0.150. The van der Waals surface area contributed by atoms with E-state index in [2.05, 4.69) is 27.9 Å². The molecule has 0 aliphatic carbocycles. The van der Waals surface area contributed by atoms with Crippen molar-refractivity contribution in [3.8, 4) is 11.4 Å². The summed E-state index contributed by atoms with van der Waals surface area (Å²) in [5, 5.41) is 10.1. The molecule has 1 heterocycles. The molecule has 0 aliphatic heterocycles. The number of methoxy groups -OCH3 is 1. The van der Waals surface area contributed by atoms with E-state index in [1.807, 2.05) is 61.1 Å². The van der Waals surface area contributed by atoms with Crippen LogP contribution in [-0.2, 0) is 6.42 Å². The number of hydrogen-bond acceptors (Lipinski definition) is 3. The van der Waals surface area contributed by atoms with Crippen molar-refractivity contribution in [2.75, 3.05) is 13.7 Å². The van der Waals surface area contributed by atoms with Crippen LogP contribution in [0, 0.1) is 6.92 Å². The molecule has 1 aromatic heterocycles. The summed E-state index contributed by atoms with van der Waals surface area (Å²) in [6, 6.07) is 15.7. The van der Waals surface area contributed by atoms with Crippen LogP contribution in [0.25, 0.3) is 5.69 Å². The molecule has 2 N–H and O–H groups in total. The van der Waals surface area contributed by atoms with Gasteiger partial charge in [-0.1, -0.05) is 29.8 Å². The zero-order chi connectivity index (χ0) is 19.9. The van der Waals surface area contributed by atoms with Crippen molar-refractivity contribution in [1.82, 2.24) is 20.4 Å². The van der Waals surface area contributed by atoms with Crippen LogP contribution in [0.15, 0.2) is 60.9 Å². The lowest BCUT2D eigenvalue weighted by Crippen LogP contribution is -2.38. The summed E-state index contributed by atoms with van der Waals surface area (Å²) < 4.78 is 7.22. The summed E-state index contributed by atoms with van der Waals surface area (Å²) in [6.07, 6.45) is 4.42. The maximum atomic E-state index is 12.2. The lowest BCUT2D eigenvalue weighted by Gasteiger charge is -2.18. The quantitative estimate of drug-likeness (QED) is 0.657. The fourth-order valence-corrected chi connectivity index (χ4v) is 3.07. The lowest BCUT2D eigenvalue weighted by molar-refractivity contribution is 0.238. The standard InChI is InChI=1S/C22H26N4O2/c1-16-5-10-21(28-3)20(15-16)17(2)25-22(27)23-13-11-18-6-8-19(9-7-18)26-14-4-12-24-26/h4-10,12,14-15,17H,11,13H2,1-3H3,(H2,23,25,27). The number of nitrogens with one attached hydrogen (secondary N) is 2. The fourth-order valence-electron chi connectivity index (χ4n) is 3.07. The van der Waals surface area contributed by atoms with Gasteiger partial charge in [-0.15, -0.1) is 0 Å². The smallest absolute Gasteiger partial charge is 0.315 e. The van der Waals surface area contributed by atoms with Gasteiger partial charge in [0, 0.05) is 24.5 Å². The highest BCUT2D eigenvalue weighted by atomic mass is 16.5. The molecular weight excluding hydrogens is 352 g/mol. The van der Waals surface area contributed by atoms with E-state index in [0.29, 0.717) is 6.54 Å². The third-order valence-corrected chi connectivity index (χ3v) is 4.60. The molecule has 0 bridgehead atoms. The normalized spacial score (nSPS) is 11.7. The topological polar surface area (TPSA) is 68.2 Å². The first-order valence-corrected chi connectivity index (χ1v) is 9.34. The van der Waals surface area contributed by atoms with Gasteiger partial charge in [-0.05, 0) is 50.1 Å². The second-order valence-corrected chi connectivity index (χ2v) is 6.73. The zero-order valence-corrected chi connectivity index (χ0v) is 16.5. The number of carbonyl (C=O) groups excluding carboxylic acids is 1. The van der Waals surface area contributed by atoms with E-state index >= 15 is 0 Å². The van der Waals surface area contributed by atoms with E-state index in [1.54, 1.807) is 13.3 Å². The molecule has 146 valence electrons. The molecule has 6 nitrogen and oxygen atoms in total. The van der Waals surface area contributed by atoms with Gasteiger partial charge in [-0.3, -0.25) is 0 Å². The van der Waals surface area contributed by atoms with Crippen molar-refractivity contribution in [3.05, 3.63) is 77.6 Å².